The van der Waals surface area contributed by atoms with Gasteiger partial charge in [-0.15, -0.1) is 10.2 Å². The fourth-order valence-corrected chi connectivity index (χ4v) is 10.6. The Kier molecular flexibility index (Phi) is 8.06. The summed E-state index contributed by atoms with van der Waals surface area (Å²) in [5, 5.41) is 20.8. The summed E-state index contributed by atoms with van der Waals surface area (Å²) in [6, 6.07) is 34.8. The fourth-order valence-electron chi connectivity index (χ4n) is 10.6. The summed E-state index contributed by atoms with van der Waals surface area (Å²) in [5.74, 6) is 4.61. The van der Waals surface area contributed by atoms with Gasteiger partial charge in [0.1, 0.15) is 11.4 Å². The minimum atomic E-state index is 0.429. The third-order valence-electron chi connectivity index (χ3n) is 13.0. The second-order valence-corrected chi connectivity index (χ2v) is 16.5. The topological polar surface area (TPSA) is 62.4 Å². The van der Waals surface area contributed by atoms with E-state index >= 15 is 0 Å². The Morgan fingerprint density at radius 1 is 0.396 bits per heavy atom. The van der Waals surface area contributed by atoms with Crippen LogP contribution in [0.4, 0.5) is 22.7 Å². The van der Waals surface area contributed by atoms with E-state index < -0.39 is 0 Å². The van der Waals surface area contributed by atoms with E-state index in [1.54, 1.807) is 0 Å². The van der Waals surface area contributed by atoms with Gasteiger partial charge >= 0.3 is 0 Å². The second-order valence-electron chi connectivity index (χ2n) is 16.5. The van der Waals surface area contributed by atoms with Crippen molar-refractivity contribution in [1.29, 1.82) is 0 Å². The van der Waals surface area contributed by atoms with Gasteiger partial charge in [-0.3, -0.25) is 0 Å². The average Bonchev–Trinajstić information content (AvgIpc) is 3.72. The molecule has 8 atom stereocenters. The SMILES string of the molecule is CN(C)c1ccc(C(=N/N=C2\C3C4CC5C3/C(=N\N=C(c3ccc(N(C)C)cc3)c3ccc(N(C)C)cc3)C3C2C4C53)c2ccc(N(C)C)cc2)cc1. The Morgan fingerprint density at radius 3 is 0.906 bits per heavy atom. The molecule has 0 saturated heterocycles. The minimum absolute atomic E-state index is 0.429. The van der Waals surface area contributed by atoms with Crippen LogP contribution in [0.15, 0.2) is 117 Å². The summed E-state index contributed by atoms with van der Waals surface area (Å²) in [6.07, 6.45) is 1.30. The third-order valence-corrected chi connectivity index (χ3v) is 13.0. The van der Waals surface area contributed by atoms with Crippen molar-refractivity contribution in [2.24, 2.45) is 67.7 Å². The molecule has 5 aliphatic carbocycles. The van der Waals surface area contributed by atoms with Crippen LogP contribution in [0.25, 0.3) is 0 Å². The molecule has 5 aliphatic rings. The number of rotatable bonds is 10. The number of nitrogens with zero attached hydrogens (tertiary/aromatic N) is 8. The molecular formula is C45H50N8. The van der Waals surface area contributed by atoms with E-state index in [-0.39, 0.29) is 0 Å². The molecular weight excluding hydrogens is 653 g/mol. The molecule has 270 valence electrons. The van der Waals surface area contributed by atoms with Crippen LogP contribution in [-0.4, -0.2) is 79.2 Å². The van der Waals surface area contributed by atoms with E-state index in [0.29, 0.717) is 35.5 Å². The quantitative estimate of drug-likeness (QED) is 0.128. The van der Waals surface area contributed by atoms with Gasteiger partial charge in [0.25, 0.3) is 0 Å². The average molecular weight is 703 g/mol. The van der Waals surface area contributed by atoms with Crippen LogP contribution in [-0.2, 0) is 0 Å². The summed E-state index contributed by atoms with van der Waals surface area (Å²) < 4.78 is 0. The fraction of sp³-hybridized carbons (Fsp3) is 0.378. The molecule has 0 N–H and O–H groups in total. The smallest absolute Gasteiger partial charge is 0.100 e. The maximum Gasteiger partial charge on any atom is 0.100 e. The first-order chi connectivity index (χ1) is 25.6. The Labute approximate surface area is 314 Å². The van der Waals surface area contributed by atoms with Crippen LogP contribution < -0.4 is 19.6 Å². The van der Waals surface area contributed by atoms with Gasteiger partial charge in [-0.25, -0.2) is 0 Å². The van der Waals surface area contributed by atoms with Crippen molar-refractivity contribution in [3.05, 3.63) is 119 Å². The summed E-state index contributed by atoms with van der Waals surface area (Å²) in [6.45, 7) is 0. The van der Waals surface area contributed by atoms with E-state index in [0.717, 1.165) is 45.5 Å². The summed E-state index contributed by atoms with van der Waals surface area (Å²) in [5.41, 5.74) is 13.5. The molecule has 0 aromatic heterocycles. The lowest BCUT2D eigenvalue weighted by Gasteiger charge is -2.44. The molecule has 0 heterocycles. The molecule has 9 rings (SSSR count). The number of hydrogen-bond donors (Lipinski definition) is 0. The van der Waals surface area contributed by atoms with E-state index in [1.165, 1.54) is 40.6 Å². The van der Waals surface area contributed by atoms with Crippen molar-refractivity contribution < 1.29 is 0 Å². The van der Waals surface area contributed by atoms with Crippen LogP contribution >= 0.6 is 0 Å². The van der Waals surface area contributed by atoms with Gasteiger partial charge in [0.05, 0.1) is 0 Å². The molecule has 5 fully saturated rings. The molecule has 0 aliphatic heterocycles. The molecule has 8 heteroatoms. The van der Waals surface area contributed by atoms with Gasteiger partial charge in [0.2, 0.25) is 0 Å². The first kappa shape index (κ1) is 33.6. The Morgan fingerprint density at radius 2 is 0.660 bits per heavy atom. The number of anilines is 4. The zero-order chi connectivity index (χ0) is 36.7. The largest absolute Gasteiger partial charge is 0.378 e. The van der Waals surface area contributed by atoms with Crippen molar-refractivity contribution >= 4 is 45.6 Å². The van der Waals surface area contributed by atoms with Gasteiger partial charge in [0.15, 0.2) is 0 Å². The molecule has 5 saturated carbocycles. The molecule has 4 aromatic carbocycles. The zero-order valence-corrected chi connectivity index (χ0v) is 32.1. The minimum Gasteiger partial charge on any atom is -0.378 e. The molecule has 2 bridgehead atoms. The van der Waals surface area contributed by atoms with Gasteiger partial charge in [-0.2, -0.15) is 10.2 Å². The lowest BCUT2D eigenvalue weighted by atomic mass is 9.59. The third kappa shape index (κ3) is 5.32. The molecule has 0 amide bonds. The van der Waals surface area contributed by atoms with Gasteiger partial charge in [0, 0.05) is 136 Å². The summed E-state index contributed by atoms with van der Waals surface area (Å²) >= 11 is 0. The van der Waals surface area contributed by atoms with E-state index in [2.05, 4.69) is 173 Å². The lowest BCUT2D eigenvalue weighted by molar-refractivity contribution is 0.0655. The van der Waals surface area contributed by atoms with E-state index in [4.69, 9.17) is 20.4 Å². The van der Waals surface area contributed by atoms with E-state index in [9.17, 15) is 0 Å². The van der Waals surface area contributed by atoms with E-state index in [1.807, 2.05) is 0 Å². The molecule has 0 spiro atoms. The highest BCUT2D eigenvalue weighted by Gasteiger charge is 2.82. The molecule has 8 unspecified atom stereocenters. The normalized spacial score (nSPS) is 28.0. The van der Waals surface area contributed by atoms with Gasteiger partial charge in [-0.1, -0.05) is 48.5 Å². The standard InChI is InChI=1S/C45H50N8/c1-50(2)30-17-9-26(10-18-30)42(27-11-19-31(20-12-27)51(3)4)46-48-44-38-34-25-35-37-36(34)40(44)41(37)45(39(35)38)49-47-43(28-13-21-32(22-14-28)52(5)6)29-15-23-33(24-16-29)53(7)8/h9-24,34-41H,25H2,1-8H3/b48-44+,49-45+. The molecule has 4 aromatic rings. The predicted octanol–water partition coefficient (Wildman–Crippen LogP) is 7.43. The van der Waals surface area contributed by atoms with Crippen molar-refractivity contribution in [2.45, 2.75) is 6.42 Å². The monoisotopic (exact) mass is 702 g/mol. The lowest BCUT2D eigenvalue weighted by Crippen LogP contribution is -2.48. The number of hydrogen-bond acceptors (Lipinski definition) is 8. The van der Waals surface area contributed by atoms with Crippen LogP contribution in [0.5, 0.6) is 0 Å². The van der Waals surface area contributed by atoms with Crippen molar-refractivity contribution in [1.82, 2.24) is 0 Å². The molecule has 0 radical (unpaired) electrons. The van der Waals surface area contributed by atoms with Crippen LogP contribution in [0.2, 0.25) is 0 Å². The highest BCUT2D eigenvalue weighted by molar-refractivity contribution is 6.16. The highest BCUT2D eigenvalue weighted by atomic mass is 15.2. The van der Waals surface area contributed by atoms with Crippen LogP contribution in [0, 0.1) is 47.3 Å². The van der Waals surface area contributed by atoms with Crippen LogP contribution in [0.3, 0.4) is 0 Å². The van der Waals surface area contributed by atoms with Crippen molar-refractivity contribution in [3.63, 3.8) is 0 Å². The van der Waals surface area contributed by atoms with Crippen molar-refractivity contribution in [2.75, 3.05) is 76.0 Å². The predicted molar refractivity (Wildman–Crippen MR) is 222 cm³/mol. The highest BCUT2D eigenvalue weighted by Crippen LogP contribution is 2.81. The van der Waals surface area contributed by atoms with Crippen molar-refractivity contribution in [3.8, 4) is 0 Å². The Bertz CT molecular complexity index is 1870. The second kappa shape index (κ2) is 12.7. The first-order valence-electron chi connectivity index (χ1n) is 19.0. The molecule has 53 heavy (non-hydrogen) atoms. The Hall–Kier alpha value is -5.24. The molecule has 8 nitrogen and oxygen atoms in total. The van der Waals surface area contributed by atoms with Crippen LogP contribution in [0.1, 0.15) is 28.7 Å². The van der Waals surface area contributed by atoms with Gasteiger partial charge in [-0.05, 0) is 78.6 Å². The number of fused-ring (bicyclic) bond motifs is 2. The zero-order valence-electron chi connectivity index (χ0n) is 32.1. The maximum absolute atomic E-state index is 5.27. The summed E-state index contributed by atoms with van der Waals surface area (Å²) in [4.78, 5) is 8.52. The van der Waals surface area contributed by atoms with Gasteiger partial charge < -0.3 is 19.6 Å². The Balaban J connectivity index is 1.08. The summed E-state index contributed by atoms with van der Waals surface area (Å²) in [7, 11) is 16.6. The first-order valence-corrected chi connectivity index (χ1v) is 19.0. The maximum atomic E-state index is 5.27. The number of benzene rings is 4.